The van der Waals surface area contributed by atoms with Crippen molar-refractivity contribution < 1.29 is 13.2 Å². The van der Waals surface area contributed by atoms with E-state index in [1.807, 2.05) is 0 Å². The highest BCUT2D eigenvalue weighted by molar-refractivity contribution is 7.10. The molecule has 0 amide bonds. The zero-order valence-corrected chi connectivity index (χ0v) is 6.38. The topological polar surface area (TPSA) is 24.9 Å². The molecule has 1 aromatic rings. The average molecular weight is 182 g/mol. The molecule has 0 aliphatic heterocycles. The van der Waals surface area contributed by atoms with Gasteiger partial charge in [0.2, 0.25) is 0 Å². The van der Waals surface area contributed by atoms with E-state index < -0.39 is 11.9 Å². The van der Waals surface area contributed by atoms with Crippen LogP contribution in [-0.2, 0) is 6.18 Å². The highest BCUT2D eigenvalue weighted by atomic mass is 32.1. The third kappa shape index (κ3) is 1.83. The van der Waals surface area contributed by atoms with E-state index in [-0.39, 0.29) is 0 Å². The smallest absolute Gasteiger partial charge is 0.379 e. The molecule has 0 aliphatic rings. The van der Waals surface area contributed by atoms with Crippen LogP contribution in [0.4, 0.5) is 18.2 Å². The number of alkyl halides is 3. The number of rotatable bonds is 1. The molecule has 0 radical (unpaired) electrons. The molecule has 0 atom stereocenters. The van der Waals surface area contributed by atoms with Crippen LogP contribution in [0.15, 0.2) is 6.07 Å². The zero-order valence-electron chi connectivity index (χ0n) is 5.57. The predicted octanol–water partition coefficient (Wildman–Crippen LogP) is 2.20. The summed E-state index contributed by atoms with van der Waals surface area (Å²) in [5, 5.41) is 2.99. The van der Waals surface area contributed by atoms with Crippen LogP contribution >= 0.6 is 11.5 Å². The van der Waals surface area contributed by atoms with Crippen LogP contribution < -0.4 is 5.32 Å². The number of nitrogens with one attached hydrogen (secondary N) is 1. The van der Waals surface area contributed by atoms with Crippen LogP contribution in [-0.4, -0.2) is 11.4 Å². The maximum atomic E-state index is 11.9. The van der Waals surface area contributed by atoms with E-state index in [1.165, 1.54) is 0 Å². The number of anilines is 1. The summed E-state index contributed by atoms with van der Waals surface area (Å²) in [5.74, 6) is 0. The fraction of sp³-hybridized carbons (Fsp3) is 0.400. The van der Waals surface area contributed by atoms with Gasteiger partial charge in [0.25, 0.3) is 0 Å². The molecular weight excluding hydrogens is 177 g/mol. The first-order valence-corrected chi connectivity index (χ1v) is 3.53. The minimum atomic E-state index is -4.33. The normalized spacial score (nSPS) is 11.6. The van der Waals surface area contributed by atoms with Gasteiger partial charge in [-0.05, 0) is 11.5 Å². The Labute approximate surface area is 65.2 Å². The summed E-state index contributed by atoms with van der Waals surface area (Å²) in [6.45, 7) is 0. The molecule has 2 nitrogen and oxygen atoms in total. The SMILES string of the molecule is CNc1cc(C(F)(F)F)ns1. The summed E-state index contributed by atoms with van der Waals surface area (Å²) >= 11 is 0.795. The molecule has 0 fully saturated rings. The highest BCUT2D eigenvalue weighted by Gasteiger charge is 2.33. The van der Waals surface area contributed by atoms with Crippen molar-refractivity contribution >= 4 is 16.5 Å². The van der Waals surface area contributed by atoms with E-state index in [0.717, 1.165) is 17.6 Å². The lowest BCUT2D eigenvalue weighted by Gasteiger charge is -1.98. The number of nitrogens with zero attached hydrogens (tertiary/aromatic N) is 1. The molecule has 62 valence electrons. The Morgan fingerprint density at radius 2 is 2.18 bits per heavy atom. The van der Waals surface area contributed by atoms with Gasteiger partial charge in [0.1, 0.15) is 5.00 Å². The first kappa shape index (κ1) is 8.32. The fourth-order valence-corrected chi connectivity index (χ4v) is 1.14. The molecule has 0 aliphatic carbocycles. The van der Waals surface area contributed by atoms with E-state index >= 15 is 0 Å². The Hall–Kier alpha value is -0.780. The minimum absolute atomic E-state index is 0.414. The first-order chi connectivity index (χ1) is 5.04. The monoisotopic (exact) mass is 182 g/mol. The Morgan fingerprint density at radius 3 is 2.45 bits per heavy atom. The largest absolute Gasteiger partial charge is 0.434 e. The summed E-state index contributed by atoms with van der Waals surface area (Å²) in [4.78, 5) is 0. The van der Waals surface area contributed by atoms with Crippen molar-refractivity contribution in [1.82, 2.24) is 4.37 Å². The van der Waals surface area contributed by atoms with Gasteiger partial charge in [-0.3, -0.25) is 0 Å². The third-order valence-corrected chi connectivity index (χ3v) is 1.85. The van der Waals surface area contributed by atoms with E-state index in [4.69, 9.17) is 0 Å². The van der Waals surface area contributed by atoms with Crippen molar-refractivity contribution in [2.75, 3.05) is 12.4 Å². The Morgan fingerprint density at radius 1 is 1.55 bits per heavy atom. The number of aromatic nitrogens is 1. The second-order valence-electron chi connectivity index (χ2n) is 1.82. The average Bonchev–Trinajstić information content (AvgIpc) is 2.32. The molecule has 0 saturated heterocycles. The third-order valence-electron chi connectivity index (χ3n) is 1.05. The number of halogens is 3. The molecule has 0 aromatic carbocycles. The lowest BCUT2D eigenvalue weighted by Crippen LogP contribution is -2.04. The van der Waals surface area contributed by atoms with Gasteiger partial charge in [-0.2, -0.15) is 17.5 Å². The zero-order chi connectivity index (χ0) is 8.48. The fourth-order valence-electron chi connectivity index (χ4n) is 0.527. The van der Waals surface area contributed by atoms with E-state index in [0.29, 0.717) is 5.00 Å². The minimum Gasteiger partial charge on any atom is -0.379 e. The van der Waals surface area contributed by atoms with Crippen molar-refractivity contribution in [2.45, 2.75) is 6.18 Å². The molecule has 11 heavy (non-hydrogen) atoms. The molecule has 1 heterocycles. The van der Waals surface area contributed by atoms with Gasteiger partial charge in [-0.1, -0.05) is 0 Å². The molecule has 0 unspecified atom stereocenters. The van der Waals surface area contributed by atoms with E-state index in [9.17, 15) is 13.2 Å². The standard InChI is InChI=1S/C5H5F3N2S/c1-9-4-2-3(10-11-4)5(6,7)8/h2,9H,1H3. The van der Waals surface area contributed by atoms with Crippen LogP contribution in [0.2, 0.25) is 0 Å². The molecule has 0 saturated carbocycles. The molecule has 6 heteroatoms. The maximum Gasteiger partial charge on any atom is 0.434 e. The van der Waals surface area contributed by atoms with Crippen LogP contribution in [0.1, 0.15) is 5.69 Å². The quantitative estimate of drug-likeness (QED) is 0.720. The van der Waals surface area contributed by atoms with Crippen molar-refractivity contribution in [1.29, 1.82) is 0 Å². The molecule has 1 aromatic heterocycles. The second kappa shape index (κ2) is 2.69. The summed E-state index contributed by atoms with van der Waals surface area (Å²) < 4.78 is 38.8. The number of hydrogen-bond acceptors (Lipinski definition) is 3. The van der Waals surface area contributed by atoms with Gasteiger partial charge in [0.05, 0.1) is 0 Å². The van der Waals surface area contributed by atoms with Crippen LogP contribution in [0.25, 0.3) is 0 Å². The summed E-state index contributed by atoms with van der Waals surface area (Å²) in [6, 6.07) is 0.977. The van der Waals surface area contributed by atoms with Gasteiger partial charge >= 0.3 is 6.18 Å². The van der Waals surface area contributed by atoms with E-state index in [2.05, 4.69) is 9.69 Å². The van der Waals surface area contributed by atoms with Crippen LogP contribution in [0.5, 0.6) is 0 Å². The van der Waals surface area contributed by atoms with Crippen molar-refractivity contribution in [2.24, 2.45) is 0 Å². The van der Waals surface area contributed by atoms with Gasteiger partial charge < -0.3 is 5.32 Å². The number of hydrogen-bond donors (Lipinski definition) is 1. The molecule has 0 bridgehead atoms. The predicted molar refractivity (Wildman–Crippen MR) is 36.7 cm³/mol. The first-order valence-electron chi connectivity index (χ1n) is 2.75. The summed E-state index contributed by atoms with van der Waals surface area (Å²) in [6.07, 6.45) is -4.33. The Balaban J connectivity index is 2.89. The highest BCUT2D eigenvalue weighted by Crippen LogP contribution is 2.31. The van der Waals surface area contributed by atoms with Gasteiger partial charge in [0, 0.05) is 13.1 Å². The van der Waals surface area contributed by atoms with Crippen molar-refractivity contribution in [3.05, 3.63) is 11.8 Å². The van der Waals surface area contributed by atoms with Gasteiger partial charge in [-0.25, -0.2) is 0 Å². The van der Waals surface area contributed by atoms with Crippen LogP contribution in [0, 0.1) is 0 Å². The van der Waals surface area contributed by atoms with E-state index in [1.54, 1.807) is 7.05 Å². The lowest BCUT2D eigenvalue weighted by molar-refractivity contribution is -0.140. The molecule has 0 spiro atoms. The van der Waals surface area contributed by atoms with Gasteiger partial charge in [0.15, 0.2) is 5.69 Å². The second-order valence-corrected chi connectivity index (χ2v) is 2.63. The molecule has 1 rings (SSSR count). The molecule has 1 N–H and O–H groups in total. The summed E-state index contributed by atoms with van der Waals surface area (Å²) in [5.41, 5.74) is -0.841. The maximum absolute atomic E-state index is 11.9. The molecular formula is C5H5F3N2S. The lowest BCUT2D eigenvalue weighted by atomic mass is 10.4. The van der Waals surface area contributed by atoms with Gasteiger partial charge in [-0.15, -0.1) is 0 Å². The Kier molecular flexibility index (Phi) is 2.03. The Bertz CT molecular complexity index is 242. The van der Waals surface area contributed by atoms with Crippen molar-refractivity contribution in [3.8, 4) is 0 Å². The van der Waals surface area contributed by atoms with Crippen LogP contribution in [0.3, 0.4) is 0 Å². The van der Waals surface area contributed by atoms with Crippen molar-refractivity contribution in [3.63, 3.8) is 0 Å². The summed E-state index contributed by atoms with van der Waals surface area (Å²) in [7, 11) is 1.55.